The summed E-state index contributed by atoms with van der Waals surface area (Å²) >= 11 is 0. The summed E-state index contributed by atoms with van der Waals surface area (Å²) in [5.41, 5.74) is -2.76. The van der Waals surface area contributed by atoms with E-state index in [1.54, 1.807) is 0 Å². The molecule has 1 amide bonds. The second-order valence-corrected chi connectivity index (χ2v) is 6.76. The molecule has 0 fully saturated rings. The average molecular weight is 376 g/mol. The zero-order valence-electron chi connectivity index (χ0n) is 12.7. The molecule has 10 heteroatoms. The van der Waals surface area contributed by atoms with Gasteiger partial charge in [-0.15, -0.1) is 0 Å². The van der Waals surface area contributed by atoms with E-state index in [2.05, 4.69) is 0 Å². The zero-order valence-corrected chi connectivity index (χ0v) is 13.5. The second kappa shape index (κ2) is 6.45. The van der Waals surface area contributed by atoms with Crippen LogP contribution in [-0.2, 0) is 16.2 Å². The number of carbonyl (C=O) groups is 1. The van der Waals surface area contributed by atoms with Crippen LogP contribution in [0, 0.1) is 12.7 Å². The van der Waals surface area contributed by atoms with Crippen LogP contribution in [0.2, 0.25) is 0 Å². The van der Waals surface area contributed by atoms with Crippen LogP contribution in [0.25, 0.3) is 0 Å². The number of nitrogens with two attached hydrogens (primary N) is 1. The van der Waals surface area contributed by atoms with Crippen LogP contribution >= 0.6 is 0 Å². The molecule has 0 heterocycles. The largest absolute Gasteiger partial charge is 0.417 e. The summed E-state index contributed by atoms with van der Waals surface area (Å²) in [6, 6.07) is 5.99. The van der Waals surface area contributed by atoms with E-state index in [1.807, 2.05) is 5.32 Å². The van der Waals surface area contributed by atoms with Gasteiger partial charge < -0.3 is 5.32 Å². The molecule has 0 aliphatic carbocycles. The third kappa shape index (κ3) is 4.34. The maximum Gasteiger partial charge on any atom is 0.417 e. The van der Waals surface area contributed by atoms with Gasteiger partial charge >= 0.3 is 6.18 Å². The Morgan fingerprint density at radius 1 is 1.16 bits per heavy atom. The number of hydrogen-bond donors (Lipinski definition) is 2. The lowest BCUT2D eigenvalue weighted by Crippen LogP contribution is -2.21. The van der Waals surface area contributed by atoms with Crippen molar-refractivity contribution in [2.24, 2.45) is 5.14 Å². The molecule has 0 aromatic heterocycles. The lowest BCUT2D eigenvalue weighted by Gasteiger charge is -2.15. The maximum absolute atomic E-state index is 14.0. The highest BCUT2D eigenvalue weighted by molar-refractivity contribution is 7.89. The zero-order chi connectivity index (χ0) is 19.0. The normalized spacial score (nSPS) is 12.1. The third-order valence-electron chi connectivity index (χ3n) is 3.19. The maximum atomic E-state index is 14.0. The first-order chi connectivity index (χ1) is 11.4. The number of hydrogen-bond acceptors (Lipinski definition) is 3. The fourth-order valence-electron chi connectivity index (χ4n) is 2.14. The minimum atomic E-state index is -4.94. The molecule has 0 aliphatic heterocycles. The summed E-state index contributed by atoms with van der Waals surface area (Å²) < 4.78 is 75.8. The Kier molecular flexibility index (Phi) is 4.87. The van der Waals surface area contributed by atoms with Crippen LogP contribution in [-0.4, -0.2) is 14.3 Å². The van der Waals surface area contributed by atoms with Gasteiger partial charge in [0, 0.05) is 5.69 Å². The number of primary sulfonamides is 1. The molecule has 0 spiro atoms. The van der Waals surface area contributed by atoms with Crippen LogP contribution in [0.5, 0.6) is 0 Å². The second-order valence-electron chi connectivity index (χ2n) is 5.19. The number of nitrogens with one attached hydrogen (secondary N) is 1. The SMILES string of the molecule is Cc1cc(F)c(C(=O)Nc2cccc(S(N)(=O)=O)c2)c(C(F)(F)F)c1. The van der Waals surface area contributed by atoms with Crippen LogP contribution < -0.4 is 10.5 Å². The van der Waals surface area contributed by atoms with Gasteiger partial charge in [-0.1, -0.05) is 6.07 Å². The lowest BCUT2D eigenvalue weighted by molar-refractivity contribution is -0.138. The number of carbonyl (C=O) groups excluding carboxylic acids is 1. The van der Waals surface area contributed by atoms with Gasteiger partial charge in [0.15, 0.2) is 0 Å². The fraction of sp³-hybridized carbons (Fsp3) is 0.133. The fourth-order valence-corrected chi connectivity index (χ4v) is 2.70. The van der Waals surface area contributed by atoms with Crippen molar-refractivity contribution in [3.8, 4) is 0 Å². The van der Waals surface area contributed by atoms with E-state index in [1.165, 1.54) is 19.1 Å². The van der Waals surface area contributed by atoms with Crippen molar-refractivity contribution in [1.82, 2.24) is 0 Å². The molecule has 0 aliphatic rings. The number of halogens is 4. The first kappa shape index (κ1) is 18.9. The van der Waals surface area contributed by atoms with Crippen molar-refractivity contribution in [3.63, 3.8) is 0 Å². The average Bonchev–Trinajstić information content (AvgIpc) is 2.44. The Labute approximate surface area is 140 Å². The van der Waals surface area contributed by atoms with Crippen molar-refractivity contribution >= 4 is 21.6 Å². The van der Waals surface area contributed by atoms with E-state index in [0.717, 1.165) is 18.2 Å². The van der Waals surface area contributed by atoms with Gasteiger partial charge in [0.05, 0.1) is 16.0 Å². The molecule has 0 saturated carbocycles. The molecular formula is C15H12F4N2O3S. The van der Waals surface area contributed by atoms with E-state index < -0.39 is 39.1 Å². The minimum Gasteiger partial charge on any atom is -0.322 e. The van der Waals surface area contributed by atoms with Gasteiger partial charge in [-0.25, -0.2) is 17.9 Å². The van der Waals surface area contributed by atoms with E-state index in [0.29, 0.717) is 6.07 Å². The Morgan fingerprint density at radius 2 is 1.80 bits per heavy atom. The number of sulfonamides is 1. The van der Waals surface area contributed by atoms with Crippen LogP contribution in [0.15, 0.2) is 41.3 Å². The van der Waals surface area contributed by atoms with Crippen molar-refractivity contribution in [2.75, 3.05) is 5.32 Å². The predicted octanol–water partition coefficient (Wildman–Crippen LogP) is 3.05. The number of benzene rings is 2. The monoisotopic (exact) mass is 376 g/mol. The smallest absolute Gasteiger partial charge is 0.322 e. The molecule has 5 nitrogen and oxygen atoms in total. The quantitative estimate of drug-likeness (QED) is 0.807. The Morgan fingerprint density at radius 3 is 2.36 bits per heavy atom. The van der Waals surface area contributed by atoms with E-state index in [-0.39, 0.29) is 16.1 Å². The molecule has 2 aromatic carbocycles. The summed E-state index contributed by atoms with van der Waals surface area (Å²) in [6.45, 7) is 1.26. The molecule has 0 radical (unpaired) electrons. The van der Waals surface area contributed by atoms with Gasteiger partial charge in [0.1, 0.15) is 5.82 Å². The highest BCUT2D eigenvalue weighted by atomic mass is 32.2. The standard InChI is InChI=1S/C15H12F4N2O3S/c1-8-5-11(15(17,18)19)13(12(16)6-8)14(22)21-9-3-2-4-10(7-9)25(20,23)24/h2-7H,1H3,(H,21,22)(H2,20,23,24). The molecular weight excluding hydrogens is 364 g/mol. The van der Waals surface area contributed by atoms with Gasteiger partial charge in [0.25, 0.3) is 5.91 Å². The van der Waals surface area contributed by atoms with Gasteiger partial charge in [-0.05, 0) is 42.8 Å². The molecule has 2 aromatic rings. The Hall–Kier alpha value is -2.46. The summed E-state index contributed by atoms with van der Waals surface area (Å²) in [5.74, 6) is -2.70. The number of anilines is 1. The van der Waals surface area contributed by atoms with Gasteiger partial charge in [-0.2, -0.15) is 13.2 Å². The number of rotatable bonds is 3. The van der Waals surface area contributed by atoms with E-state index in [9.17, 15) is 30.8 Å². The molecule has 0 bridgehead atoms. The molecule has 2 rings (SSSR count). The summed E-state index contributed by atoms with van der Waals surface area (Å²) in [5, 5.41) is 6.98. The van der Waals surface area contributed by atoms with Gasteiger partial charge in [0.2, 0.25) is 10.0 Å². The molecule has 25 heavy (non-hydrogen) atoms. The highest BCUT2D eigenvalue weighted by Gasteiger charge is 2.37. The molecule has 3 N–H and O–H groups in total. The molecule has 134 valence electrons. The van der Waals surface area contributed by atoms with Crippen molar-refractivity contribution in [1.29, 1.82) is 0 Å². The Balaban J connectivity index is 2.47. The number of amides is 1. The predicted molar refractivity (Wildman–Crippen MR) is 81.9 cm³/mol. The summed E-state index contributed by atoms with van der Waals surface area (Å²) in [4.78, 5) is 11.8. The van der Waals surface area contributed by atoms with Crippen molar-refractivity contribution < 1.29 is 30.8 Å². The third-order valence-corrected chi connectivity index (χ3v) is 4.10. The molecule has 0 saturated heterocycles. The highest BCUT2D eigenvalue weighted by Crippen LogP contribution is 2.34. The molecule has 0 unspecified atom stereocenters. The van der Waals surface area contributed by atoms with E-state index >= 15 is 0 Å². The number of aryl methyl sites for hydroxylation is 1. The first-order valence-electron chi connectivity index (χ1n) is 6.71. The summed E-state index contributed by atoms with van der Waals surface area (Å²) in [6.07, 6.45) is -4.94. The Bertz CT molecular complexity index is 940. The van der Waals surface area contributed by atoms with Crippen molar-refractivity contribution in [3.05, 3.63) is 58.9 Å². The summed E-state index contributed by atoms with van der Waals surface area (Å²) in [7, 11) is -4.08. The first-order valence-corrected chi connectivity index (χ1v) is 8.26. The molecule has 0 atom stereocenters. The van der Waals surface area contributed by atoms with Crippen molar-refractivity contribution in [2.45, 2.75) is 18.0 Å². The van der Waals surface area contributed by atoms with Gasteiger partial charge in [-0.3, -0.25) is 4.79 Å². The number of alkyl halides is 3. The minimum absolute atomic E-state index is 0.00222. The van der Waals surface area contributed by atoms with Crippen LogP contribution in [0.3, 0.4) is 0 Å². The topological polar surface area (TPSA) is 89.3 Å². The van der Waals surface area contributed by atoms with Crippen LogP contribution in [0.4, 0.5) is 23.2 Å². The van der Waals surface area contributed by atoms with Crippen LogP contribution in [0.1, 0.15) is 21.5 Å². The van der Waals surface area contributed by atoms with E-state index in [4.69, 9.17) is 5.14 Å². The lowest BCUT2D eigenvalue weighted by atomic mass is 10.0.